The summed E-state index contributed by atoms with van der Waals surface area (Å²) in [7, 11) is 0. The van der Waals surface area contributed by atoms with Crippen molar-refractivity contribution in [1.82, 2.24) is 10.2 Å². The number of nitrogens with two attached hydrogens (primary N) is 1. The highest BCUT2D eigenvalue weighted by molar-refractivity contribution is 5.72. The fourth-order valence-corrected chi connectivity index (χ4v) is 1.56. The van der Waals surface area contributed by atoms with Gasteiger partial charge in [-0.15, -0.1) is 0 Å². The number of hydrogen-bond donors (Lipinski definition) is 2. The summed E-state index contributed by atoms with van der Waals surface area (Å²) in [6, 6.07) is 6.08. The number of aromatic amines is 1. The lowest BCUT2D eigenvalue weighted by atomic mass is 10.0. The maximum absolute atomic E-state index is 12.1. The molecule has 3 N–H and O–H groups in total. The number of halogens is 3. The number of H-pyrrole nitrogens is 1. The van der Waals surface area contributed by atoms with Gasteiger partial charge in [0.1, 0.15) is 5.82 Å². The molecule has 0 aliphatic rings. The molecule has 0 fully saturated rings. The van der Waals surface area contributed by atoms with Crippen molar-refractivity contribution < 1.29 is 13.2 Å². The molecule has 0 bridgehead atoms. The van der Waals surface area contributed by atoms with Gasteiger partial charge in [0.05, 0.1) is 12.6 Å². The van der Waals surface area contributed by atoms with E-state index in [2.05, 4.69) is 10.2 Å². The summed E-state index contributed by atoms with van der Waals surface area (Å²) in [5.41, 5.74) is 7.26. The third-order valence-corrected chi connectivity index (χ3v) is 2.34. The molecule has 2 aromatic rings. The zero-order valence-corrected chi connectivity index (χ0v) is 8.75. The van der Waals surface area contributed by atoms with Crippen LogP contribution in [0.15, 0.2) is 30.5 Å². The normalized spacial score (nSPS) is 11.7. The Hall–Kier alpha value is -1.98. The fraction of sp³-hybridized carbons (Fsp3) is 0.182. The number of anilines is 1. The van der Waals surface area contributed by atoms with Crippen LogP contribution in [0, 0.1) is 0 Å². The summed E-state index contributed by atoms with van der Waals surface area (Å²) in [5, 5.41) is 6.32. The second-order valence-electron chi connectivity index (χ2n) is 3.69. The number of alkyl halides is 3. The van der Waals surface area contributed by atoms with E-state index < -0.39 is 12.6 Å². The van der Waals surface area contributed by atoms with Crippen molar-refractivity contribution in [1.29, 1.82) is 0 Å². The van der Waals surface area contributed by atoms with Crippen molar-refractivity contribution in [3.05, 3.63) is 36.0 Å². The van der Waals surface area contributed by atoms with Gasteiger partial charge in [-0.25, -0.2) is 0 Å². The molecule has 2 rings (SSSR count). The molecule has 0 atom stereocenters. The first kappa shape index (κ1) is 11.5. The van der Waals surface area contributed by atoms with Crippen LogP contribution < -0.4 is 5.73 Å². The average molecular weight is 241 g/mol. The Kier molecular flexibility index (Phi) is 2.79. The number of rotatable bonds is 2. The van der Waals surface area contributed by atoms with E-state index in [0.29, 0.717) is 11.4 Å². The summed E-state index contributed by atoms with van der Waals surface area (Å²) < 4.78 is 36.4. The summed E-state index contributed by atoms with van der Waals surface area (Å²) in [6.07, 6.45) is -3.57. The van der Waals surface area contributed by atoms with Gasteiger partial charge in [-0.3, -0.25) is 5.10 Å². The van der Waals surface area contributed by atoms with Gasteiger partial charge in [0.15, 0.2) is 0 Å². The molecule has 0 radical (unpaired) electrons. The van der Waals surface area contributed by atoms with E-state index in [1.807, 2.05) is 0 Å². The lowest BCUT2D eigenvalue weighted by Crippen LogP contribution is -2.11. The molecule has 17 heavy (non-hydrogen) atoms. The van der Waals surface area contributed by atoms with Crippen molar-refractivity contribution in [3.8, 4) is 11.1 Å². The zero-order chi connectivity index (χ0) is 12.5. The van der Waals surface area contributed by atoms with Gasteiger partial charge in [-0.05, 0) is 11.1 Å². The molecule has 3 nitrogen and oxygen atoms in total. The molecule has 0 saturated carbocycles. The highest BCUT2D eigenvalue weighted by Gasteiger charge is 2.27. The highest BCUT2D eigenvalue weighted by atomic mass is 19.4. The quantitative estimate of drug-likeness (QED) is 0.849. The number of nitrogens with zero attached hydrogens (tertiary/aromatic N) is 1. The van der Waals surface area contributed by atoms with E-state index in [1.54, 1.807) is 12.1 Å². The lowest BCUT2D eigenvalue weighted by molar-refractivity contribution is -0.127. The van der Waals surface area contributed by atoms with Crippen LogP contribution >= 0.6 is 0 Å². The van der Waals surface area contributed by atoms with Gasteiger partial charge in [0.2, 0.25) is 0 Å². The standard InChI is InChI=1S/C11H10F3N3/c12-11(13,14)5-7-1-3-8(4-2-7)9-6-16-17-10(9)15/h1-4,6H,5H2,(H3,15,16,17). The van der Waals surface area contributed by atoms with Gasteiger partial charge in [0.25, 0.3) is 0 Å². The Bertz CT molecular complexity index is 499. The van der Waals surface area contributed by atoms with E-state index in [-0.39, 0.29) is 5.56 Å². The van der Waals surface area contributed by atoms with E-state index in [4.69, 9.17) is 5.73 Å². The lowest BCUT2D eigenvalue weighted by Gasteiger charge is -2.06. The molecule has 1 aromatic carbocycles. The van der Waals surface area contributed by atoms with Crippen LogP contribution in [-0.4, -0.2) is 16.4 Å². The maximum atomic E-state index is 12.1. The number of nitrogen functional groups attached to an aromatic ring is 1. The topological polar surface area (TPSA) is 54.7 Å². The molecule has 0 aliphatic carbocycles. The summed E-state index contributed by atoms with van der Waals surface area (Å²) in [5.74, 6) is 0.397. The predicted octanol–water partition coefficient (Wildman–Crippen LogP) is 2.76. The minimum atomic E-state index is -4.18. The Balaban J connectivity index is 2.22. The highest BCUT2D eigenvalue weighted by Crippen LogP contribution is 2.26. The van der Waals surface area contributed by atoms with E-state index in [0.717, 1.165) is 5.56 Å². The van der Waals surface area contributed by atoms with Crippen LogP contribution in [0.1, 0.15) is 5.56 Å². The molecule has 6 heteroatoms. The van der Waals surface area contributed by atoms with Crippen LogP contribution in [0.5, 0.6) is 0 Å². The molecule has 0 unspecified atom stereocenters. The molecule has 0 spiro atoms. The van der Waals surface area contributed by atoms with E-state index in [1.165, 1.54) is 18.3 Å². The Morgan fingerprint density at radius 3 is 2.29 bits per heavy atom. The maximum Gasteiger partial charge on any atom is 0.393 e. The zero-order valence-electron chi connectivity index (χ0n) is 8.75. The SMILES string of the molecule is Nc1[nH]ncc1-c1ccc(CC(F)(F)F)cc1. The van der Waals surface area contributed by atoms with Gasteiger partial charge < -0.3 is 5.73 Å². The van der Waals surface area contributed by atoms with Crippen molar-refractivity contribution in [2.24, 2.45) is 0 Å². The first-order valence-electron chi connectivity index (χ1n) is 4.90. The largest absolute Gasteiger partial charge is 0.393 e. The van der Waals surface area contributed by atoms with Crippen molar-refractivity contribution in [2.45, 2.75) is 12.6 Å². The molecule has 90 valence electrons. The Morgan fingerprint density at radius 1 is 1.18 bits per heavy atom. The third-order valence-electron chi connectivity index (χ3n) is 2.34. The van der Waals surface area contributed by atoms with Gasteiger partial charge in [0, 0.05) is 5.56 Å². The smallest absolute Gasteiger partial charge is 0.384 e. The van der Waals surface area contributed by atoms with Crippen LogP contribution in [0.2, 0.25) is 0 Å². The van der Waals surface area contributed by atoms with Crippen LogP contribution in [-0.2, 0) is 6.42 Å². The predicted molar refractivity (Wildman–Crippen MR) is 58.2 cm³/mol. The van der Waals surface area contributed by atoms with Crippen LogP contribution in [0.3, 0.4) is 0 Å². The molecule has 0 saturated heterocycles. The van der Waals surface area contributed by atoms with Crippen LogP contribution in [0.4, 0.5) is 19.0 Å². The van der Waals surface area contributed by atoms with E-state index >= 15 is 0 Å². The second kappa shape index (κ2) is 4.12. The molecule has 1 heterocycles. The summed E-state index contributed by atoms with van der Waals surface area (Å²) in [6.45, 7) is 0. The van der Waals surface area contributed by atoms with Crippen molar-refractivity contribution in [3.63, 3.8) is 0 Å². The summed E-state index contributed by atoms with van der Waals surface area (Å²) >= 11 is 0. The summed E-state index contributed by atoms with van der Waals surface area (Å²) in [4.78, 5) is 0. The fourth-order valence-electron chi connectivity index (χ4n) is 1.56. The van der Waals surface area contributed by atoms with E-state index in [9.17, 15) is 13.2 Å². The average Bonchev–Trinajstić information content (AvgIpc) is 2.63. The number of benzene rings is 1. The van der Waals surface area contributed by atoms with Crippen molar-refractivity contribution >= 4 is 5.82 Å². The molecule has 1 aromatic heterocycles. The second-order valence-corrected chi connectivity index (χ2v) is 3.69. The monoisotopic (exact) mass is 241 g/mol. The van der Waals surface area contributed by atoms with Gasteiger partial charge in [-0.2, -0.15) is 18.3 Å². The minimum Gasteiger partial charge on any atom is -0.384 e. The van der Waals surface area contributed by atoms with Gasteiger partial charge >= 0.3 is 6.18 Å². The molecule has 0 amide bonds. The number of aromatic nitrogens is 2. The molecular weight excluding hydrogens is 231 g/mol. The Labute approximate surface area is 95.5 Å². The van der Waals surface area contributed by atoms with Crippen LogP contribution in [0.25, 0.3) is 11.1 Å². The third kappa shape index (κ3) is 2.77. The number of nitrogens with one attached hydrogen (secondary N) is 1. The Morgan fingerprint density at radius 2 is 1.82 bits per heavy atom. The first-order valence-corrected chi connectivity index (χ1v) is 4.90. The van der Waals surface area contributed by atoms with Crippen molar-refractivity contribution in [2.75, 3.05) is 5.73 Å². The minimum absolute atomic E-state index is 0.225. The first-order chi connectivity index (χ1) is 7.96. The number of hydrogen-bond acceptors (Lipinski definition) is 2. The molecule has 0 aliphatic heterocycles. The van der Waals surface area contributed by atoms with Gasteiger partial charge in [-0.1, -0.05) is 24.3 Å². The molecular formula is C11H10F3N3.